The first-order chi connectivity index (χ1) is 17.7. The molecule has 37 heavy (non-hydrogen) atoms. The van der Waals surface area contributed by atoms with Crippen molar-refractivity contribution in [2.75, 3.05) is 43.6 Å². The summed E-state index contributed by atoms with van der Waals surface area (Å²) in [7, 11) is 1.50. The fraction of sp³-hybridized carbons (Fsp3) is 0.417. The zero-order valence-corrected chi connectivity index (χ0v) is 22.2. The number of aliphatic hydroxyl groups excluding tert-OH is 2. The number of ether oxygens (including phenoxy) is 1. The number of amides is 1. The Balaban J connectivity index is 2.57. The number of nitro groups is 1. The molecule has 0 saturated heterocycles. The second kappa shape index (κ2) is 14.8. The number of nitrogens with one attached hydrogen (secondary N) is 1. The monoisotopic (exact) mass is 576 g/mol. The summed E-state index contributed by atoms with van der Waals surface area (Å²) >= 11 is 3.21. The van der Waals surface area contributed by atoms with E-state index in [9.17, 15) is 30.4 Å². The van der Waals surface area contributed by atoms with Crippen LogP contribution in [-0.2, 0) is 4.79 Å². The normalized spacial score (nSPS) is 10.8. The van der Waals surface area contributed by atoms with Gasteiger partial charge in [0.25, 0.3) is 5.69 Å². The quantitative estimate of drug-likeness (QED) is 0.122. The molecule has 1 amide bonds. The molecule has 0 aliphatic rings. The van der Waals surface area contributed by atoms with Gasteiger partial charge in [-0.2, -0.15) is 5.26 Å². The molecule has 0 fully saturated rings. The highest BCUT2D eigenvalue weighted by atomic mass is 79.9. The molecule has 0 heterocycles. The van der Waals surface area contributed by atoms with Crippen molar-refractivity contribution in [2.24, 2.45) is 10.2 Å². The van der Waals surface area contributed by atoms with Crippen molar-refractivity contribution in [1.29, 1.82) is 5.26 Å². The molecule has 198 valence electrons. The summed E-state index contributed by atoms with van der Waals surface area (Å²) in [5.74, 6) is 0.119. The molecule has 0 bridgehead atoms. The van der Waals surface area contributed by atoms with E-state index in [1.165, 1.54) is 20.1 Å². The lowest BCUT2D eigenvalue weighted by atomic mass is 10.1. The molecule has 12 nitrogen and oxygen atoms in total. The maximum absolute atomic E-state index is 12.0. The molecule has 2 rings (SSSR count). The Morgan fingerprint density at radius 2 is 1.81 bits per heavy atom. The number of benzene rings is 2. The standard InChI is InChI=1S/C24H29BrN6O6/c1-16(34)27-20-13-22(30(7-3-5-9-32)8-4-6-10-33)23(37-2)14-21(20)28-29-24-17(15-26)11-18(31(35)36)12-19(24)25/h11-14,32-33H,3-10H2,1-2H3,(H,27,34). The van der Waals surface area contributed by atoms with Gasteiger partial charge < -0.3 is 25.2 Å². The molecular weight excluding hydrogens is 548 g/mol. The number of nitrogens with zero attached hydrogens (tertiary/aromatic N) is 5. The largest absolute Gasteiger partial charge is 0.494 e. The van der Waals surface area contributed by atoms with Gasteiger partial charge in [-0.05, 0) is 47.7 Å². The van der Waals surface area contributed by atoms with E-state index < -0.39 is 4.92 Å². The van der Waals surface area contributed by atoms with E-state index in [1.54, 1.807) is 12.1 Å². The second-order valence-corrected chi connectivity index (χ2v) is 8.82. The molecular formula is C24H29BrN6O6. The van der Waals surface area contributed by atoms with Gasteiger partial charge in [-0.3, -0.25) is 14.9 Å². The topological polar surface area (TPSA) is 174 Å². The lowest BCUT2D eigenvalue weighted by Crippen LogP contribution is -2.27. The molecule has 0 aliphatic carbocycles. The molecule has 0 saturated carbocycles. The summed E-state index contributed by atoms with van der Waals surface area (Å²) in [5.41, 5.74) is 1.06. The van der Waals surface area contributed by atoms with Crippen molar-refractivity contribution >= 4 is 50.3 Å². The number of rotatable bonds is 14. The van der Waals surface area contributed by atoms with Gasteiger partial charge in [0.15, 0.2) is 0 Å². The minimum Gasteiger partial charge on any atom is -0.494 e. The van der Waals surface area contributed by atoms with E-state index in [-0.39, 0.29) is 46.2 Å². The predicted octanol–water partition coefficient (Wildman–Crippen LogP) is 4.96. The molecule has 3 N–H and O–H groups in total. The van der Waals surface area contributed by atoms with Gasteiger partial charge in [0, 0.05) is 51.4 Å². The smallest absolute Gasteiger partial charge is 0.272 e. The van der Waals surface area contributed by atoms with Crippen LogP contribution in [0.25, 0.3) is 0 Å². The highest BCUT2D eigenvalue weighted by Gasteiger charge is 2.19. The van der Waals surface area contributed by atoms with Crippen LogP contribution in [0, 0.1) is 21.4 Å². The summed E-state index contributed by atoms with van der Waals surface area (Å²) in [6.45, 7) is 2.72. The third-order valence-electron chi connectivity index (χ3n) is 5.26. The Morgan fingerprint density at radius 3 is 2.32 bits per heavy atom. The van der Waals surface area contributed by atoms with Crippen molar-refractivity contribution in [3.05, 3.63) is 44.4 Å². The predicted molar refractivity (Wildman–Crippen MR) is 142 cm³/mol. The number of nitro benzene ring substituents is 1. The van der Waals surface area contributed by atoms with Crippen LogP contribution in [-0.4, -0.2) is 54.5 Å². The van der Waals surface area contributed by atoms with E-state index in [4.69, 9.17) is 4.74 Å². The Labute approximate surface area is 222 Å². The molecule has 0 atom stereocenters. The van der Waals surface area contributed by atoms with E-state index in [2.05, 4.69) is 36.4 Å². The van der Waals surface area contributed by atoms with Gasteiger partial charge in [-0.15, -0.1) is 10.2 Å². The Bertz CT molecular complexity index is 1170. The number of anilines is 2. The number of aliphatic hydroxyl groups is 2. The van der Waals surface area contributed by atoms with Crippen LogP contribution in [0.1, 0.15) is 38.2 Å². The maximum Gasteiger partial charge on any atom is 0.272 e. The number of carbonyl (C=O) groups excluding carboxylic acids is 1. The van der Waals surface area contributed by atoms with Crippen molar-refractivity contribution in [2.45, 2.75) is 32.6 Å². The molecule has 2 aromatic carbocycles. The molecule has 0 radical (unpaired) electrons. The highest BCUT2D eigenvalue weighted by molar-refractivity contribution is 9.10. The van der Waals surface area contributed by atoms with Crippen LogP contribution in [0.3, 0.4) is 0 Å². The van der Waals surface area contributed by atoms with Crippen LogP contribution < -0.4 is 15.0 Å². The van der Waals surface area contributed by atoms with E-state index >= 15 is 0 Å². The fourth-order valence-electron chi connectivity index (χ4n) is 3.50. The van der Waals surface area contributed by atoms with Crippen LogP contribution in [0.5, 0.6) is 5.75 Å². The van der Waals surface area contributed by atoms with E-state index in [0.717, 1.165) is 18.9 Å². The number of hydrogen-bond acceptors (Lipinski definition) is 10. The Morgan fingerprint density at radius 1 is 1.16 bits per heavy atom. The molecule has 13 heteroatoms. The van der Waals surface area contributed by atoms with Gasteiger partial charge in [0.05, 0.1) is 33.4 Å². The van der Waals surface area contributed by atoms with Crippen LogP contribution in [0.2, 0.25) is 0 Å². The zero-order chi connectivity index (χ0) is 27.4. The van der Waals surface area contributed by atoms with E-state index in [0.29, 0.717) is 43.1 Å². The third-order valence-corrected chi connectivity index (χ3v) is 5.86. The first-order valence-electron chi connectivity index (χ1n) is 11.5. The van der Waals surface area contributed by atoms with Crippen molar-refractivity contribution in [3.8, 4) is 11.8 Å². The van der Waals surface area contributed by atoms with Crippen molar-refractivity contribution in [1.82, 2.24) is 0 Å². The van der Waals surface area contributed by atoms with Crippen molar-refractivity contribution in [3.63, 3.8) is 0 Å². The summed E-state index contributed by atoms with van der Waals surface area (Å²) in [6.07, 6.45) is 2.69. The number of azo groups is 1. The van der Waals surface area contributed by atoms with Gasteiger partial charge in [0.1, 0.15) is 23.2 Å². The summed E-state index contributed by atoms with van der Waals surface area (Å²) < 4.78 is 5.82. The Hall–Kier alpha value is -3.60. The number of hydrogen-bond donors (Lipinski definition) is 3. The second-order valence-electron chi connectivity index (χ2n) is 7.96. The zero-order valence-electron chi connectivity index (χ0n) is 20.6. The molecule has 0 spiro atoms. The average molecular weight is 577 g/mol. The van der Waals surface area contributed by atoms with E-state index in [1.807, 2.05) is 6.07 Å². The average Bonchev–Trinajstić information content (AvgIpc) is 2.86. The van der Waals surface area contributed by atoms with Gasteiger partial charge >= 0.3 is 0 Å². The van der Waals surface area contributed by atoms with Gasteiger partial charge in [-0.1, -0.05) is 0 Å². The summed E-state index contributed by atoms with van der Waals surface area (Å²) in [4.78, 5) is 24.5. The first-order valence-corrected chi connectivity index (χ1v) is 12.3. The molecule has 0 unspecified atom stereocenters. The number of unbranched alkanes of at least 4 members (excludes halogenated alkanes) is 2. The molecule has 2 aromatic rings. The van der Waals surface area contributed by atoms with Gasteiger partial charge in [-0.25, -0.2) is 0 Å². The molecule has 0 aromatic heterocycles. The van der Waals surface area contributed by atoms with Crippen LogP contribution >= 0.6 is 15.9 Å². The number of halogens is 1. The first kappa shape index (κ1) is 29.6. The third kappa shape index (κ3) is 8.49. The lowest BCUT2D eigenvalue weighted by molar-refractivity contribution is -0.384. The van der Waals surface area contributed by atoms with Gasteiger partial charge in [0.2, 0.25) is 5.91 Å². The summed E-state index contributed by atoms with van der Waals surface area (Å²) in [6, 6.07) is 7.53. The number of non-ortho nitro benzene ring substituents is 1. The number of carbonyl (C=O) groups is 1. The number of nitriles is 1. The SMILES string of the molecule is COc1cc(N=Nc2c(Br)cc([N+](=O)[O-])cc2C#N)c(NC(C)=O)cc1N(CCCCO)CCCCO. The minimum absolute atomic E-state index is 0.0478. The minimum atomic E-state index is -0.613. The lowest BCUT2D eigenvalue weighted by Gasteiger charge is -2.27. The summed E-state index contributed by atoms with van der Waals surface area (Å²) in [5, 5.41) is 50.1. The molecule has 0 aliphatic heterocycles. The fourth-order valence-corrected chi connectivity index (χ4v) is 4.03. The van der Waals surface area contributed by atoms with Crippen LogP contribution in [0.4, 0.5) is 28.4 Å². The van der Waals surface area contributed by atoms with Crippen molar-refractivity contribution < 1.29 is 24.7 Å². The number of methoxy groups -OCH3 is 1. The maximum atomic E-state index is 12.0. The highest BCUT2D eigenvalue weighted by Crippen LogP contribution is 2.41. The van der Waals surface area contributed by atoms with Crippen LogP contribution in [0.15, 0.2) is 39.0 Å². The Kier molecular flexibility index (Phi) is 11.9.